The van der Waals surface area contributed by atoms with Crippen LogP contribution < -0.4 is 16.0 Å². The molecule has 1 saturated heterocycles. The zero-order valence-electron chi connectivity index (χ0n) is 30.1. The summed E-state index contributed by atoms with van der Waals surface area (Å²) in [5.74, 6) is -2.42. The lowest BCUT2D eigenvalue weighted by atomic mass is 9.87. The van der Waals surface area contributed by atoms with E-state index in [0.717, 1.165) is 11.1 Å². The monoisotopic (exact) mass is 712 g/mol. The lowest BCUT2D eigenvalue weighted by molar-refractivity contribution is -0.159. The molecule has 50 heavy (non-hydrogen) atoms. The molecule has 0 saturated carbocycles. The van der Waals surface area contributed by atoms with E-state index in [2.05, 4.69) is 28.6 Å². The number of benzene rings is 2. The number of nitrogens with one attached hydrogen (secondary N) is 3. The van der Waals surface area contributed by atoms with Crippen molar-refractivity contribution in [1.29, 1.82) is 0 Å². The Balaban J connectivity index is 1.86. The number of likely N-dealkylation sites (N-methyl/N-ethyl adjacent to an activating group) is 1. The van der Waals surface area contributed by atoms with Crippen LogP contribution in [0.1, 0.15) is 65.5 Å². The lowest BCUT2D eigenvalue weighted by Gasteiger charge is -2.41. The van der Waals surface area contributed by atoms with E-state index in [-0.39, 0.29) is 44.6 Å². The highest BCUT2D eigenvalue weighted by molar-refractivity contribution is 7.80. The molecule has 3 rings (SSSR count). The number of hydrogen-bond donors (Lipinski definition) is 4. The molecule has 0 spiro atoms. The van der Waals surface area contributed by atoms with Crippen molar-refractivity contribution in [3.63, 3.8) is 0 Å². The van der Waals surface area contributed by atoms with Crippen LogP contribution in [0.4, 0.5) is 4.79 Å². The van der Waals surface area contributed by atoms with Gasteiger partial charge in [-0.3, -0.25) is 14.4 Å². The van der Waals surface area contributed by atoms with E-state index in [1.54, 1.807) is 41.5 Å². The third-order valence-electron chi connectivity index (χ3n) is 7.96. The molecule has 2 aromatic carbocycles. The molecule has 1 aliphatic heterocycles. The van der Waals surface area contributed by atoms with Crippen LogP contribution in [0, 0.1) is 0 Å². The van der Waals surface area contributed by atoms with Gasteiger partial charge < -0.3 is 35.1 Å². The summed E-state index contributed by atoms with van der Waals surface area (Å²) in [6, 6.07) is 15.1. The summed E-state index contributed by atoms with van der Waals surface area (Å²) in [5.41, 5.74) is -1.45. The maximum Gasteiger partial charge on any atom is 0.408 e. The Bertz CT molecular complexity index is 1450. The summed E-state index contributed by atoms with van der Waals surface area (Å²) < 4.78 is 16.6. The van der Waals surface area contributed by atoms with E-state index in [0.29, 0.717) is 0 Å². The number of rotatable bonds is 13. The van der Waals surface area contributed by atoms with Crippen molar-refractivity contribution in [2.45, 2.75) is 102 Å². The van der Waals surface area contributed by atoms with Crippen LogP contribution in [0.25, 0.3) is 0 Å². The van der Waals surface area contributed by atoms with Crippen molar-refractivity contribution in [3.05, 3.63) is 71.8 Å². The Morgan fingerprint density at radius 3 is 1.76 bits per heavy atom. The zero-order valence-corrected chi connectivity index (χ0v) is 31.0. The van der Waals surface area contributed by atoms with Gasteiger partial charge >= 0.3 is 12.1 Å². The molecular weight excluding hydrogens is 660 g/mol. The summed E-state index contributed by atoms with van der Waals surface area (Å²) in [5, 5.41) is 8.38. The van der Waals surface area contributed by atoms with Gasteiger partial charge in [0.15, 0.2) is 0 Å². The molecule has 1 fully saturated rings. The number of hydrogen-bond acceptors (Lipinski definition) is 9. The molecule has 2 aromatic rings. The van der Waals surface area contributed by atoms with Crippen LogP contribution in [0.15, 0.2) is 60.7 Å². The summed E-state index contributed by atoms with van der Waals surface area (Å²) >= 11 is 4.41. The molecule has 0 bridgehead atoms. The van der Waals surface area contributed by atoms with Gasteiger partial charge in [0.1, 0.15) is 34.9 Å². The Hall–Kier alpha value is -4.10. The second kappa shape index (κ2) is 17.7. The van der Waals surface area contributed by atoms with Crippen LogP contribution in [-0.4, -0.2) is 95.6 Å². The summed E-state index contributed by atoms with van der Waals surface area (Å²) in [4.78, 5) is 69.5. The third-order valence-corrected chi connectivity index (χ3v) is 8.31. The van der Waals surface area contributed by atoms with Crippen LogP contribution in [-0.2, 0) is 46.2 Å². The summed E-state index contributed by atoms with van der Waals surface area (Å²) in [6.45, 7) is 10.7. The van der Waals surface area contributed by atoms with E-state index < -0.39 is 64.7 Å². The van der Waals surface area contributed by atoms with Gasteiger partial charge in [0.2, 0.25) is 17.7 Å². The second-order valence-corrected chi connectivity index (χ2v) is 14.8. The van der Waals surface area contributed by atoms with Gasteiger partial charge in [-0.05, 0) is 52.7 Å². The maximum atomic E-state index is 14.4. The number of esters is 1. The van der Waals surface area contributed by atoms with Gasteiger partial charge in [-0.2, -0.15) is 12.6 Å². The Morgan fingerprint density at radius 2 is 1.28 bits per heavy atom. The lowest BCUT2D eigenvalue weighted by Crippen LogP contribution is -2.66. The van der Waals surface area contributed by atoms with Crippen molar-refractivity contribution in [3.8, 4) is 0 Å². The van der Waals surface area contributed by atoms with E-state index in [1.807, 2.05) is 60.7 Å². The van der Waals surface area contributed by atoms with Gasteiger partial charge in [-0.15, -0.1) is 0 Å². The molecule has 1 heterocycles. The highest BCUT2D eigenvalue weighted by Gasteiger charge is 2.46. The first kappa shape index (κ1) is 40.3. The average molecular weight is 713 g/mol. The highest BCUT2D eigenvalue weighted by Crippen LogP contribution is 2.25. The van der Waals surface area contributed by atoms with E-state index in [9.17, 15) is 24.0 Å². The van der Waals surface area contributed by atoms with Crippen molar-refractivity contribution < 1.29 is 38.2 Å². The summed E-state index contributed by atoms with van der Waals surface area (Å²) in [6.07, 6.45) is -0.218. The molecule has 3 atom stereocenters. The number of thiol groups is 1. The second-order valence-electron chi connectivity index (χ2n) is 14.5. The molecule has 0 radical (unpaired) electrons. The standard InChI is InChI=1S/C37H52N4O8S/c1-35(2,3)48-32(44)28(23-26-16-12-9-13-17-26)38-31(43)29(24-50)41(7)33(45)37(18-20-47-21-19-37)40-30(42)27(22-25-14-10-8-11-15-25)39-34(46)49-36(4,5)6/h8-17,27-29,50H,18-24H2,1-7H3,(H,38,43)(H,39,46)(H,40,42)/t27-,28-,29-/m0/s1. The topological polar surface area (TPSA) is 152 Å². The van der Waals surface area contributed by atoms with Crippen LogP contribution in [0.5, 0.6) is 0 Å². The number of amides is 4. The third kappa shape index (κ3) is 12.3. The highest BCUT2D eigenvalue weighted by atomic mass is 32.1. The number of carbonyl (C=O) groups excluding carboxylic acids is 5. The zero-order chi connectivity index (χ0) is 37.1. The van der Waals surface area contributed by atoms with Crippen LogP contribution >= 0.6 is 12.6 Å². The van der Waals surface area contributed by atoms with Crippen molar-refractivity contribution in [2.75, 3.05) is 26.0 Å². The van der Waals surface area contributed by atoms with Gasteiger partial charge in [-0.25, -0.2) is 9.59 Å². The fourth-order valence-corrected chi connectivity index (χ4v) is 5.90. The van der Waals surface area contributed by atoms with Crippen molar-refractivity contribution in [2.24, 2.45) is 0 Å². The van der Waals surface area contributed by atoms with E-state index in [4.69, 9.17) is 14.2 Å². The van der Waals surface area contributed by atoms with Crippen molar-refractivity contribution in [1.82, 2.24) is 20.9 Å². The quantitative estimate of drug-likeness (QED) is 0.182. The number of nitrogens with zero attached hydrogens (tertiary/aromatic N) is 1. The molecule has 274 valence electrons. The number of carbonyl (C=O) groups is 5. The molecule has 0 aromatic heterocycles. The van der Waals surface area contributed by atoms with Gasteiger partial charge in [0.05, 0.1) is 0 Å². The van der Waals surface area contributed by atoms with Gasteiger partial charge in [0, 0.05) is 51.7 Å². The average Bonchev–Trinajstić information content (AvgIpc) is 3.03. The minimum atomic E-state index is -1.45. The Morgan fingerprint density at radius 1 is 0.780 bits per heavy atom. The normalized spacial score (nSPS) is 16.2. The molecule has 13 heteroatoms. The predicted octanol–water partition coefficient (Wildman–Crippen LogP) is 3.61. The first-order valence-corrected chi connectivity index (χ1v) is 17.4. The van der Waals surface area contributed by atoms with Gasteiger partial charge in [0.25, 0.3) is 0 Å². The molecule has 12 nitrogen and oxygen atoms in total. The first-order valence-electron chi connectivity index (χ1n) is 16.8. The first-order chi connectivity index (χ1) is 23.4. The van der Waals surface area contributed by atoms with Crippen LogP contribution in [0.2, 0.25) is 0 Å². The fraction of sp³-hybridized carbons (Fsp3) is 0.541. The molecular formula is C37H52N4O8S. The molecule has 0 aliphatic carbocycles. The Kier molecular flexibility index (Phi) is 14.3. The molecule has 3 N–H and O–H groups in total. The largest absolute Gasteiger partial charge is 0.458 e. The minimum Gasteiger partial charge on any atom is -0.458 e. The number of alkyl carbamates (subject to hydrolysis) is 1. The van der Waals surface area contributed by atoms with E-state index in [1.165, 1.54) is 11.9 Å². The van der Waals surface area contributed by atoms with Crippen molar-refractivity contribution >= 4 is 42.4 Å². The summed E-state index contributed by atoms with van der Waals surface area (Å²) in [7, 11) is 1.46. The van der Waals surface area contributed by atoms with Gasteiger partial charge in [-0.1, -0.05) is 60.7 Å². The number of ether oxygens (including phenoxy) is 3. The predicted molar refractivity (Wildman–Crippen MR) is 193 cm³/mol. The Labute approximate surface area is 300 Å². The fourth-order valence-electron chi connectivity index (χ4n) is 5.49. The van der Waals surface area contributed by atoms with E-state index >= 15 is 0 Å². The smallest absolute Gasteiger partial charge is 0.408 e. The minimum absolute atomic E-state index is 0.0716. The molecule has 0 unspecified atom stereocenters. The molecule has 4 amide bonds. The molecule has 1 aliphatic rings. The van der Waals surface area contributed by atoms with Crippen LogP contribution in [0.3, 0.4) is 0 Å². The SMILES string of the molecule is CN(C(=O)C1(NC(=O)[C@H](Cc2ccccc2)NC(=O)OC(C)(C)C)CCOCC1)[C@@H](CS)C(=O)N[C@@H](Cc1ccccc1)C(=O)OC(C)(C)C. The maximum absolute atomic E-state index is 14.4.